The Morgan fingerprint density at radius 2 is 1.44 bits per heavy atom. The van der Waals surface area contributed by atoms with Crippen molar-refractivity contribution < 1.29 is 42.1 Å². The quantitative estimate of drug-likeness (QED) is 0.524. The maximum absolute atomic E-state index is 12.8. The first-order valence-electron chi connectivity index (χ1n) is 9.56. The lowest BCUT2D eigenvalue weighted by molar-refractivity contribution is -1.92. The van der Waals surface area contributed by atoms with Gasteiger partial charge in [-0.3, -0.25) is 9.10 Å². The smallest absolute Gasteiger partial charge is 0.264 e. The molecule has 12 heteroatoms. The second-order valence-electron chi connectivity index (χ2n) is 7.32. The number of aryl methyl sites for hydroxylation is 1. The topological polar surface area (TPSA) is 150 Å². The van der Waals surface area contributed by atoms with Crippen LogP contribution < -0.4 is 18.3 Å². The minimum atomic E-state index is -4.69. The summed E-state index contributed by atoms with van der Waals surface area (Å²) < 4.78 is 59.5. The normalized spacial score (nSPS) is 15.0. The molecule has 3 rings (SSSR count). The fourth-order valence-corrected chi connectivity index (χ4v) is 4.21. The van der Waals surface area contributed by atoms with E-state index >= 15 is 0 Å². The lowest BCUT2D eigenvalue weighted by Gasteiger charge is -2.32. The number of hydrogen-bond acceptors (Lipinski definition) is 8. The summed E-state index contributed by atoms with van der Waals surface area (Å²) in [6.07, 6.45) is 0. The van der Waals surface area contributed by atoms with Gasteiger partial charge in [0, 0.05) is 38.8 Å². The Kier molecular flexibility index (Phi) is 8.60. The van der Waals surface area contributed by atoms with Crippen molar-refractivity contribution in [3.05, 3.63) is 59.7 Å². The molecule has 0 aliphatic carbocycles. The Balaban J connectivity index is 0.000000654. The van der Waals surface area contributed by atoms with Gasteiger partial charge in [-0.2, -0.15) is 14.0 Å². The molecule has 1 amide bonds. The number of hydrogen-bond donors (Lipinski definition) is 1. The molecular formula is C20H26ClN3O7S. The number of sulfonamides is 1. The summed E-state index contributed by atoms with van der Waals surface area (Å²) in [6, 6.07) is 13.5. The summed E-state index contributed by atoms with van der Waals surface area (Å²) in [5, 5.41) is 0. The number of halogens is 1. The summed E-state index contributed by atoms with van der Waals surface area (Å²) in [7, 11) is -4.77. The number of piperazine rings is 1. The molecule has 0 saturated carbocycles. The molecule has 1 heterocycles. The van der Waals surface area contributed by atoms with Crippen LogP contribution in [0, 0.1) is 17.2 Å². The molecule has 1 aliphatic rings. The average Bonchev–Trinajstić information content (AvgIpc) is 2.72. The molecule has 1 saturated heterocycles. The molecule has 2 aromatic carbocycles. The highest BCUT2D eigenvalue weighted by Crippen LogP contribution is 2.23. The number of benzene rings is 2. The van der Waals surface area contributed by atoms with Crippen molar-refractivity contribution in [3.63, 3.8) is 0 Å². The van der Waals surface area contributed by atoms with Gasteiger partial charge in [0.2, 0.25) is 0 Å². The Morgan fingerprint density at radius 3 is 1.91 bits per heavy atom. The summed E-state index contributed by atoms with van der Waals surface area (Å²) >= 11 is 0. The van der Waals surface area contributed by atoms with Crippen LogP contribution in [0.3, 0.4) is 0 Å². The van der Waals surface area contributed by atoms with Crippen molar-refractivity contribution in [1.82, 2.24) is 9.80 Å². The zero-order valence-electron chi connectivity index (χ0n) is 18.0. The highest BCUT2D eigenvalue weighted by Gasteiger charge is 2.23. The Labute approximate surface area is 189 Å². The summed E-state index contributed by atoms with van der Waals surface area (Å²) in [5.41, 5.74) is 2.10. The molecule has 0 unspecified atom stereocenters. The number of rotatable bonds is 4. The molecule has 0 aromatic heterocycles. The minimum Gasteiger partial charge on any atom is -0.336 e. The molecule has 32 heavy (non-hydrogen) atoms. The van der Waals surface area contributed by atoms with Gasteiger partial charge in [-0.1, -0.05) is 17.7 Å². The van der Waals surface area contributed by atoms with E-state index in [1.165, 1.54) is 11.4 Å². The predicted molar refractivity (Wildman–Crippen MR) is 109 cm³/mol. The van der Waals surface area contributed by atoms with E-state index in [-0.39, 0.29) is 10.8 Å². The van der Waals surface area contributed by atoms with E-state index in [1.54, 1.807) is 48.5 Å². The van der Waals surface area contributed by atoms with Gasteiger partial charge < -0.3 is 9.80 Å². The van der Waals surface area contributed by atoms with Crippen molar-refractivity contribution in [2.24, 2.45) is 0 Å². The molecule has 1 aliphatic heterocycles. The summed E-state index contributed by atoms with van der Waals surface area (Å²) in [4.78, 5) is 16.9. The number of carbonyl (C=O) groups excluding carboxylic acids is 1. The van der Waals surface area contributed by atoms with Gasteiger partial charge >= 0.3 is 0 Å². The van der Waals surface area contributed by atoms with Gasteiger partial charge in [0.25, 0.3) is 15.9 Å². The van der Waals surface area contributed by atoms with Crippen LogP contribution in [0.15, 0.2) is 53.4 Å². The number of carbonyl (C=O) groups is 1. The molecule has 176 valence electrons. The van der Waals surface area contributed by atoms with E-state index < -0.39 is 20.3 Å². The standard InChI is InChI=1S/C20H25N3O3S.ClHO4/c1-16-4-10-19(11-5-16)27(25,26)22(3)18-8-6-17(7-9-18)20(24)23-14-12-21(2)13-15-23;2-1(3,4)5/h4-11H,12-15H2,1-3H3;(H,2,3,4,5). The van der Waals surface area contributed by atoms with Crippen molar-refractivity contribution in [2.45, 2.75) is 11.8 Å². The second-order valence-corrected chi connectivity index (χ2v) is 10.1. The molecule has 1 fully saturated rings. The third kappa shape index (κ3) is 7.41. The van der Waals surface area contributed by atoms with Crippen LogP contribution in [0.1, 0.15) is 15.9 Å². The molecular weight excluding hydrogens is 462 g/mol. The molecule has 0 radical (unpaired) electrons. The molecule has 0 bridgehead atoms. The Bertz CT molecular complexity index is 995. The maximum atomic E-state index is 12.8. The van der Waals surface area contributed by atoms with E-state index in [9.17, 15) is 13.2 Å². The summed E-state index contributed by atoms with van der Waals surface area (Å²) in [5.74, 6) is -0.0151. The zero-order chi connectivity index (χ0) is 24.1. The second kappa shape index (κ2) is 10.6. The molecule has 10 nitrogen and oxygen atoms in total. The third-order valence-corrected chi connectivity index (χ3v) is 6.75. The van der Waals surface area contributed by atoms with Gasteiger partial charge in [0.15, 0.2) is 0 Å². The highest BCUT2D eigenvalue weighted by molar-refractivity contribution is 7.92. The fraction of sp³-hybridized carbons (Fsp3) is 0.350. The van der Waals surface area contributed by atoms with Crippen molar-refractivity contribution >= 4 is 21.6 Å². The third-order valence-electron chi connectivity index (χ3n) is 4.95. The fourth-order valence-electron chi connectivity index (χ4n) is 3.01. The maximum Gasteiger partial charge on any atom is 0.264 e. The number of anilines is 1. The van der Waals surface area contributed by atoms with Gasteiger partial charge in [-0.25, -0.2) is 8.42 Å². The van der Waals surface area contributed by atoms with Crippen LogP contribution in [0.25, 0.3) is 0 Å². The van der Waals surface area contributed by atoms with Crippen LogP contribution in [0.2, 0.25) is 0 Å². The number of amides is 1. The van der Waals surface area contributed by atoms with Crippen molar-refractivity contribution in [3.8, 4) is 0 Å². The lowest BCUT2D eigenvalue weighted by atomic mass is 10.1. The Morgan fingerprint density at radius 1 is 0.969 bits per heavy atom. The SMILES string of the molecule is Cc1ccc(S(=O)(=O)N(C)c2ccc(C(=O)N3CCN(C)CC3)cc2)cc1.[O-][Cl+3]([O-])([O-])O. The van der Waals surface area contributed by atoms with Crippen LogP contribution in [0.4, 0.5) is 5.69 Å². The van der Waals surface area contributed by atoms with Gasteiger partial charge in [-0.15, -0.1) is 0 Å². The number of likely N-dealkylation sites (N-methyl/N-ethyl adjacent to an activating group) is 1. The van der Waals surface area contributed by atoms with Gasteiger partial charge in [-0.05, 0) is 50.4 Å². The van der Waals surface area contributed by atoms with Gasteiger partial charge in [0.05, 0.1) is 25.5 Å². The molecule has 2 aromatic rings. The Hall–Kier alpha value is -2.25. The lowest BCUT2D eigenvalue weighted by Crippen LogP contribution is -2.58. The monoisotopic (exact) mass is 487 g/mol. The van der Waals surface area contributed by atoms with E-state index in [0.717, 1.165) is 18.7 Å². The zero-order valence-corrected chi connectivity index (χ0v) is 19.5. The van der Waals surface area contributed by atoms with Crippen LogP contribution in [-0.4, -0.2) is 69.1 Å². The molecule has 0 spiro atoms. The molecule has 1 N–H and O–H groups in total. The van der Waals surface area contributed by atoms with Gasteiger partial charge in [0.1, 0.15) is 0 Å². The van der Waals surface area contributed by atoms with E-state index in [2.05, 4.69) is 4.90 Å². The number of nitrogens with zero attached hydrogens (tertiary/aromatic N) is 3. The van der Waals surface area contributed by atoms with Crippen LogP contribution in [-0.2, 0) is 10.0 Å². The van der Waals surface area contributed by atoms with Crippen LogP contribution >= 0.6 is 0 Å². The van der Waals surface area contributed by atoms with E-state index in [4.69, 9.17) is 18.6 Å². The highest BCUT2D eigenvalue weighted by atomic mass is 35.7. The summed E-state index contributed by atoms with van der Waals surface area (Å²) in [6.45, 7) is 5.05. The first-order chi connectivity index (χ1) is 14.8. The van der Waals surface area contributed by atoms with E-state index in [1.807, 2.05) is 18.9 Å². The van der Waals surface area contributed by atoms with Crippen molar-refractivity contribution in [1.29, 1.82) is 0 Å². The van der Waals surface area contributed by atoms with E-state index in [0.29, 0.717) is 24.3 Å². The van der Waals surface area contributed by atoms with Crippen molar-refractivity contribution in [2.75, 3.05) is 44.6 Å². The largest absolute Gasteiger partial charge is 0.336 e. The average molecular weight is 488 g/mol. The molecule has 0 atom stereocenters. The minimum absolute atomic E-state index is 0.0151. The first-order valence-corrected chi connectivity index (χ1v) is 12.3. The first kappa shape index (κ1) is 26.0. The van der Waals surface area contributed by atoms with Crippen LogP contribution in [0.5, 0.6) is 0 Å². The predicted octanol–water partition coefficient (Wildman–Crippen LogP) is -1.92.